The van der Waals surface area contributed by atoms with E-state index in [1.165, 1.54) is 7.11 Å². The quantitative estimate of drug-likeness (QED) is 0.295. The van der Waals surface area contributed by atoms with Gasteiger partial charge in [0.1, 0.15) is 5.75 Å². The number of methoxy groups -OCH3 is 3. The molecule has 44 heavy (non-hydrogen) atoms. The van der Waals surface area contributed by atoms with Gasteiger partial charge in [-0.2, -0.15) is 0 Å². The molecule has 0 saturated carbocycles. The van der Waals surface area contributed by atoms with Crippen molar-refractivity contribution < 1.29 is 23.8 Å². The molecule has 226 valence electrons. The van der Waals surface area contributed by atoms with E-state index in [9.17, 15) is 14.4 Å². The minimum Gasteiger partial charge on any atom is -0.497 e. The minimum atomic E-state index is -0.340. The third kappa shape index (κ3) is 5.70. The number of pyridine rings is 1. The summed E-state index contributed by atoms with van der Waals surface area (Å²) in [4.78, 5) is 41.6. The molecule has 10 heteroatoms. The Bertz CT molecular complexity index is 1770. The molecule has 0 radical (unpaired) electrons. The fourth-order valence-electron chi connectivity index (χ4n) is 6.20. The third-order valence-electron chi connectivity index (χ3n) is 8.32. The predicted molar refractivity (Wildman–Crippen MR) is 169 cm³/mol. The Morgan fingerprint density at radius 2 is 1.50 bits per heavy atom. The molecule has 2 aliphatic rings. The van der Waals surface area contributed by atoms with E-state index in [2.05, 4.69) is 15.5 Å². The van der Waals surface area contributed by atoms with Crippen LogP contribution in [-0.2, 0) is 6.54 Å². The first-order valence-corrected chi connectivity index (χ1v) is 14.4. The molecule has 2 N–H and O–H groups in total. The number of nitrogens with zero attached hydrogens (tertiary/aromatic N) is 2. The summed E-state index contributed by atoms with van der Waals surface area (Å²) >= 11 is 0. The molecule has 1 aromatic heterocycles. The maximum absolute atomic E-state index is 13.4. The Labute approximate surface area is 255 Å². The van der Waals surface area contributed by atoms with Crippen molar-refractivity contribution >= 4 is 28.9 Å². The second-order valence-electron chi connectivity index (χ2n) is 11.0. The molecule has 2 unspecified atom stereocenters. The summed E-state index contributed by atoms with van der Waals surface area (Å²) in [5.41, 5.74) is 3.78. The van der Waals surface area contributed by atoms with Gasteiger partial charge < -0.3 is 34.3 Å². The van der Waals surface area contributed by atoms with E-state index >= 15 is 0 Å². The standard InChI is InChI=1S/C34H34N4O6/c1-42-26-11-7-22(8-12-26)33(40)36-27-16-23(34(41)35-25-10-14-30(43-2)31(17-25)44-3)9-13-29(27)37-18-21-15-24(20-37)28-5-4-6-32(39)38(28)19-21/h4-14,16-17,21,24H,15,18-20H2,1-3H3,(H,35,41)(H,36,40). The zero-order chi connectivity index (χ0) is 30.8. The van der Waals surface area contributed by atoms with E-state index in [1.807, 2.05) is 22.8 Å². The smallest absolute Gasteiger partial charge is 0.255 e. The third-order valence-corrected chi connectivity index (χ3v) is 8.32. The number of amides is 2. The summed E-state index contributed by atoms with van der Waals surface area (Å²) in [5.74, 6) is 1.50. The molecule has 2 amide bonds. The summed E-state index contributed by atoms with van der Waals surface area (Å²) < 4.78 is 17.8. The highest BCUT2D eigenvalue weighted by Crippen LogP contribution is 2.39. The van der Waals surface area contributed by atoms with Crippen molar-refractivity contribution in [2.75, 3.05) is 50.0 Å². The van der Waals surface area contributed by atoms with E-state index in [4.69, 9.17) is 14.2 Å². The molecule has 0 spiro atoms. The maximum Gasteiger partial charge on any atom is 0.255 e. The van der Waals surface area contributed by atoms with Gasteiger partial charge in [0, 0.05) is 60.2 Å². The molecule has 6 rings (SSSR count). The molecule has 1 saturated heterocycles. The number of hydrogen-bond acceptors (Lipinski definition) is 7. The van der Waals surface area contributed by atoms with E-state index in [1.54, 1.807) is 74.9 Å². The normalized spacial score (nSPS) is 16.8. The van der Waals surface area contributed by atoms with E-state index in [0.29, 0.717) is 52.8 Å². The van der Waals surface area contributed by atoms with Crippen LogP contribution in [0.5, 0.6) is 17.2 Å². The van der Waals surface area contributed by atoms with Crippen LogP contribution in [0.1, 0.15) is 38.7 Å². The van der Waals surface area contributed by atoms with Crippen molar-refractivity contribution in [3.8, 4) is 17.2 Å². The Balaban J connectivity index is 1.31. The number of fused-ring (bicyclic) bond motifs is 4. The van der Waals surface area contributed by atoms with Crippen molar-refractivity contribution in [2.45, 2.75) is 18.9 Å². The van der Waals surface area contributed by atoms with E-state index in [0.717, 1.165) is 24.3 Å². The molecule has 4 aromatic rings. The SMILES string of the molecule is COc1ccc(C(=O)Nc2cc(C(=O)Nc3ccc(OC)c(OC)c3)ccc2N2CC3CC(C2)c2cccc(=O)n2C3)cc1. The van der Waals surface area contributed by atoms with Gasteiger partial charge in [-0.05, 0) is 73.0 Å². The molecule has 10 nitrogen and oxygen atoms in total. The Morgan fingerprint density at radius 3 is 2.25 bits per heavy atom. The number of aromatic nitrogens is 1. The summed E-state index contributed by atoms with van der Waals surface area (Å²) in [6.45, 7) is 2.06. The summed E-state index contributed by atoms with van der Waals surface area (Å²) in [7, 11) is 4.65. The van der Waals surface area contributed by atoms with Crippen molar-refractivity contribution in [1.29, 1.82) is 0 Å². The van der Waals surface area contributed by atoms with Crippen LogP contribution in [0.4, 0.5) is 17.1 Å². The van der Waals surface area contributed by atoms with E-state index < -0.39 is 0 Å². The first kappa shape index (κ1) is 28.9. The maximum atomic E-state index is 13.4. The van der Waals surface area contributed by atoms with Crippen LogP contribution in [0.25, 0.3) is 0 Å². The van der Waals surface area contributed by atoms with Gasteiger partial charge >= 0.3 is 0 Å². The van der Waals surface area contributed by atoms with Crippen LogP contribution < -0.4 is 35.3 Å². The van der Waals surface area contributed by atoms with Gasteiger partial charge in [-0.3, -0.25) is 14.4 Å². The van der Waals surface area contributed by atoms with Gasteiger partial charge in [-0.1, -0.05) is 6.07 Å². The van der Waals surface area contributed by atoms with Crippen LogP contribution in [0.2, 0.25) is 0 Å². The van der Waals surface area contributed by atoms with Crippen LogP contribution in [0.15, 0.2) is 83.7 Å². The van der Waals surface area contributed by atoms with Gasteiger partial charge in [-0.25, -0.2) is 0 Å². The van der Waals surface area contributed by atoms with Crippen molar-refractivity contribution in [2.24, 2.45) is 5.92 Å². The van der Waals surface area contributed by atoms with Crippen molar-refractivity contribution in [3.05, 3.63) is 106 Å². The lowest BCUT2D eigenvalue weighted by atomic mass is 9.83. The van der Waals surface area contributed by atoms with E-state index in [-0.39, 0.29) is 29.2 Å². The number of nitrogens with one attached hydrogen (secondary N) is 2. The molecule has 3 aromatic carbocycles. The van der Waals surface area contributed by atoms with Crippen LogP contribution in [0.3, 0.4) is 0 Å². The van der Waals surface area contributed by atoms with Crippen molar-refractivity contribution in [1.82, 2.24) is 4.57 Å². The highest BCUT2D eigenvalue weighted by molar-refractivity contribution is 6.09. The molecular weight excluding hydrogens is 560 g/mol. The topological polar surface area (TPSA) is 111 Å². The van der Waals surface area contributed by atoms with Gasteiger partial charge in [0.2, 0.25) is 0 Å². The van der Waals surface area contributed by atoms with Crippen molar-refractivity contribution in [3.63, 3.8) is 0 Å². The average molecular weight is 595 g/mol. The lowest BCUT2D eigenvalue weighted by Crippen LogP contribution is -2.47. The molecule has 0 aliphatic carbocycles. The highest BCUT2D eigenvalue weighted by Gasteiger charge is 2.35. The Morgan fingerprint density at radius 1 is 0.750 bits per heavy atom. The van der Waals surface area contributed by atoms with Gasteiger partial charge in [0.25, 0.3) is 17.4 Å². The lowest BCUT2D eigenvalue weighted by Gasteiger charge is -2.44. The number of piperidine rings is 1. The number of hydrogen-bond donors (Lipinski definition) is 2. The van der Waals surface area contributed by atoms with Crippen LogP contribution >= 0.6 is 0 Å². The largest absolute Gasteiger partial charge is 0.497 e. The number of rotatable bonds is 8. The zero-order valence-electron chi connectivity index (χ0n) is 24.8. The number of ether oxygens (including phenoxy) is 3. The second-order valence-corrected chi connectivity index (χ2v) is 11.0. The number of carbonyl (C=O) groups excluding carboxylic acids is 2. The minimum absolute atomic E-state index is 0.0305. The number of anilines is 3. The second kappa shape index (κ2) is 12.2. The predicted octanol–water partition coefficient (Wildman–Crippen LogP) is 5.00. The fraction of sp³-hybridized carbons (Fsp3) is 0.265. The zero-order valence-corrected chi connectivity index (χ0v) is 24.8. The first-order chi connectivity index (χ1) is 21.4. The first-order valence-electron chi connectivity index (χ1n) is 14.4. The van der Waals surface area contributed by atoms with Gasteiger partial charge in [-0.15, -0.1) is 0 Å². The number of carbonyl (C=O) groups is 2. The van der Waals surface area contributed by atoms with Gasteiger partial charge in [0.15, 0.2) is 11.5 Å². The number of benzene rings is 3. The lowest BCUT2D eigenvalue weighted by molar-refractivity contribution is 0.101. The monoisotopic (exact) mass is 594 g/mol. The van der Waals surface area contributed by atoms with Crippen LogP contribution in [0, 0.1) is 5.92 Å². The average Bonchev–Trinajstić information content (AvgIpc) is 3.05. The Kier molecular flexibility index (Phi) is 7.97. The molecule has 2 atom stereocenters. The summed E-state index contributed by atoms with van der Waals surface area (Å²) in [5, 5.41) is 5.96. The summed E-state index contributed by atoms with van der Waals surface area (Å²) in [6.07, 6.45) is 0.999. The molecular formula is C34H34N4O6. The molecule has 2 bridgehead atoms. The van der Waals surface area contributed by atoms with Crippen LogP contribution in [-0.4, -0.2) is 50.8 Å². The molecule has 3 heterocycles. The highest BCUT2D eigenvalue weighted by atomic mass is 16.5. The molecule has 2 aliphatic heterocycles. The Hall–Kier alpha value is -5.25. The fourth-order valence-corrected chi connectivity index (χ4v) is 6.20. The van der Waals surface area contributed by atoms with Gasteiger partial charge in [0.05, 0.1) is 32.7 Å². The summed E-state index contributed by atoms with van der Waals surface area (Å²) in [6, 6.07) is 22.8. The molecule has 1 fully saturated rings.